The average Bonchev–Trinajstić information content (AvgIpc) is 2.32. The Balaban J connectivity index is 2.18. The molecule has 2 aromatic rings. The van der Waals surface area contributed by atoms with Crippen LogP contribution < -0.4 is 5.56 Å². The predicted octanol–water partition coefficient (Wildman–Crippen LogP) is 2.52. The summed E-state index contributed by atoms with van der Waals surface area (Å²) in [4.78, 5) is 15.9. The van der Waals surface area contributed by atoms with Crippen molar-refractivity contribution in [3.05, 3.63) is 57.8 Å². The molecule has 0 saturated carbocycles. The van der Waals surface area contributed by atoms with Crippen molar-refractivity contribution >= 4 is 11.8 Å². The predicted molar refractivity (Wildman–Crippen MR) is 70.2 cm³/mol. The highest BCUT2D eigenvalue weighted by Crippen LogP contribution is 2.20. The molecule has 0 atom stereocenters. The molecule has 0 saturated heterocycles. The SMILES string of the molecule is Cc1cc(=O)n(C)c(SCc2cccc(F)c2)n1. The van der Waals surface area contributed by atoms with Gasteiger partial charge in [-0.3, -0.25) is 9.36 Å². The lowest BCUT2D eigenvalue weighted by atomic mass is 10.2. The number of benzene rings is 1. The van der Waals surface area contributed by atoms with Crippen LogP contribution in [0.15, 0.2) is 40.3 Å². The van der Waals surface area contributed by atoms with E-state index in [1.165, 1.54) is 34.5 Å². The van der Waals surface area contributed by atoms with Gasteiger partial charge in [-0.15, -0.1) is 0 Å². The molecular weight excluding hydrogens is 251 g/mol. The van der Waals surface area contributed by atoms with Gasteiger partial charge >= 0.3 is 0 Å². The van der Waals surface area contributed by atoms with Crippen LogP contribution in [0, 0.1) is 12.7 Å². The van der Waals surface area contributed by atoms with Crippen molar-refractivity contribution in [3.8, 4) is 0 Å². The highest BCUT2D eigenvalue weighted by molar-refractivity contribution is 7.98. The summed E-state index contributed by atoms with van der Waals surface area (Å²) in [5, 5.41) is 0.643. The Morgan fingerprint density at radius 3 is 2.89 bits per heavy atom. The number of aromatic nitrogens is 2. The van der Waals surface area contributed by atoms with Gasteiger partial charge in [0.15, 0.2) is 5.16 Å². The number of thioether (sulfide) groups is 1. The minimum Gasteiger partial charge on any atom is -0.291 e. The smallest absolute Gasteiger partial charge is 0.254 e. The molecule has 1 aromatic carbocycles. The van der Waals surface area contributed by atoms with Crippen LogP contribution in [0.25, 0.3) is 0 Å². The van der Waals surface area contributed by atoms with Gasteiger partial charge in [-0.05, 0) is 24.6 Å². The van der Waals surface area contributed by atoms with E-state index in [0.29, 0.717) is 16.6 Å². The van der Waals surface area contributed by atoms with Crippen LogP contribution in [0.1, 0.15) is 11.3 Å². The lowest BCUT2D eigenvalue weighted by Crippen LogP contribution is -2.19. The van der Waals surface area contributed by atoms with Gasteiger partial charge in [-0.25, -0.2) is 9.37 Å². The molecule has 0 radical (unpaired) electrons. The molecule has 3 nitrogen and oxygen atoms in total. The monoisotopic (exact) mass is 264 g/mol. The first-order valence-corrected chi connectivity index (χ1v) is 6.47. The summed E-state index contributed by atoms with van der Waals surface area (Å²) in [7, 11) is 1.68. The van der Waals surface area contributed by atoms with Gasteiger partial charge in [0, 0.05) is 24.6 Å². The molecule has 0 aliphatic rings. The zero-order chi connectivity index (χ0) is 13.1. The average molecular weight is 264 g/mol. The van der Waals surface area contributed by atoms with Gasteiger partial charge in [0.1, 0.15) is 5.82 Å². The summed E-state index contributed by atoms with van der Waals surface area (Å²) in [5.74, 6) is 0.334. The Kier molecular flexibility index (Phi) is 3.81. The minimum absolute atomic E-state index is 0.0794. The molecule has 2 rings (SSSR count). The highest BCUT2D eigenvalue weighted by atomic mass is 32.2. The number of rotatable bonds is 3. The van der Waals surface area contributed by atoms with E-state index < -0.39 is 0 Å². The molecule has 0 spiro atoms. The van der Waals surface area contributed by atoms with E-state index in [1.54, 1.807) is 20.0 Å². The maximum atomic E-state index is 13.0. The third kappa shape index (κ3) is 2.98. The van der Waals surface area contributed by atoms with E-state index >= 15 is 0 Å². The van der Waals surface area contributed by atoms with Crippen molar-refractivity contribution in [2.75, 3.05) is 0 Å². The van der Waals surface area contributed by atoms with E-state index in [-0.39, 0.29) is 11.4 Å². The lowest BCUT2D eigenvalue weighted by molar-refractivity contribution is 0.626. The summed E-state index contributed by atoms with van der Waals surface area (Å²) < 4.78 is 14.5. The summed E-state index contributed by atoms with van der Waals surface area (Å²) in [6.45, 7) is 1.79. The van der Waals surface area contributed by atoms with E-state index in [9.17, 15) is 9.18 Å². The molecule has 1 aromatic heterocycles. The summed E-state index contributed by atoms with van der Waals surface area (Å²) in [6, 6.07) is 7.92. The van der Waals surface area contributed by atoms with Crippen LogP contribution in [-0.2, 0) is 12.8 Å². The van der Waals surface area contributed by atoms with Crippen molar-refractivity contribution in [3.63, 3.8) is 0 Å². The van der Waals surface area contributed by atoms with Crippen LogP contribution >= 0.6 is 11.8 Å². The largest absolute Gasteiger partial charge is 0.291 e. The molecule has 0 unspecified atom stereocenters. The number of hydrogen-bond acceptors (Lipinski definition) is 3. The maximum Gasteiger partial charge on any atom is 0.254 e. The highest BCUT2D eigenvalue weighted by Gasteiger charge is 2.05. The first-order chi connectivity index (χ1) is 8.56. The van der Waals surface area contributed by atoms with E-state index in [1.807, 2.05) is 6.07 Å². The molecular formula is C13H13FN2OS. The Labute approximate surface area is 109 Å². The fourth-order valence-electron chi connectivity index (χ4n) is 1.53. The zero-order valence-electron chi connectivity index (χ0n) is 10.2. The molecule has 94 valence electrons. The first-order valence-electron chi connectivity index (χ1n) is 5.48. The topological polar surface area (TPSA) is 34.9 Å². The maximum absolute atomic E-state index is 13.0. The second-order valence-electron chi connectivity index (χ2n) is 4.00. The molecule has 0 aliphatic heterocycles. The van der Waals surface area contributed by atoms with Crippen LogP contribution in [-0.4, -0.2) is 9.55 Å². The van der Waals surface area contributed by atoms with Crippen molar-refractivity contribution in [2.24, 2.45) is 7.05 Å². The Hall–Kier alpha value is -1.62. The van der Waals surface area contributed by atoms with Gasteiger partial charge in [-0.2, -0.15) is 0 Å². The van der Waals surface area contributed by atoms with Crippen molar-refractivity contribution in [1.82, 2.24) is 9.55 Å². The summed E-state index contributed by atoms with van der Waals surface area (Å²) >= 11 is 1.42. The van der Waals surface area contributed by atoms with Crippen LogP contribution in [0.3, 0.4) is 0 Å². The fourth-order valence-corrected chi connectivity index (χ4v) is 2.50. The van der Waals surface area contributed by atoms with Gasteiger partial charge in [0.2, 0.25) is 0 Å². The third-order valence-electron chi connectivity index (χ3n) is 2.48. The van der Waals surface area contributed by atoms with E-state index in [4.69, 9.17) is 0 Å². The molecule has 0 bridgehead atoms. The molecule has 0 amide bonds. The van der Waals surface area contributed by atoms with Crippen molar-refractivity contribution in [2.45, 2.75) is 17.8 Å². The second-order valence-corrected chi connectivity index (χ2v) is 4.94. The number of nitrogens with zero attached hydrogens (tertiary/aromatic N) is 2. The van der Waals surface area contributed by atoms with Crippen LogP contribution in [0.4, 0.5) is 4.39 Å². The normalized spacial score (nSPS) is 10.6. The van der Waals surface area contributed by atoms with Gasteiger partial charge in [0.05, 0.1) is 0 Å². The standard InChI is InChI=1S/C13H13FN2OS/c1-9-6-12(17)16(2)13(15-9)18-8-10-4-3-5-11(14)7-10/h3-7H,8H2,1-2H3. The molecule has 0 aliphatic carbocycles. The summed E-state index contributed by atoms with van der Waals surface area (Å²) in [5.41, 5.74) is 1.49. The number of halogens is 1. The molecule has 0 fully saturated rings. The first kappa shape index (κ1) is 12.8. The Bertz CT molecular complexity index is 625. The third-order valence-corrected chi connectivity index (χ3v) is 3.58. The van der Waals surface area contributed by atoms with Gasteiger partial charge < -0.3 is 0 Å². The number of hydrogen-bond donors (Lipinski definition) is 0. The van der Waals surface area contributed by atoms with E-state index in [0.717, 1.165) is 5.56 Å². The fraction of sp³-hybridized carbons (Fsp3) is 0.231. The minimum atomic E-state index is -0.251. The zero-order valence-corrected chi connectivity index (χ0v) is 11.0. The lowest BCUT2D eigenvalue weighted by Gasteiger charge is -2.07. The molecule has 1 heterocycles. The van der Waals surface area contributed by atoms with E-state index in [2.05, 4.69) is 4.98 Å². The van der Waals surface area contributed by atoms with Crippen molar-refractivity contribution < 1.29 is 4.39 Å². The molecule has 0 N–H and O–H groups in total. The Morgan fingerprint density at radius 2 is 2.17 bits per heavy atom. The Morgan fingerprint density at radius 1 is 1.39 bits per heavy atom. The quantitative estimate of drug-likeness (QED) is 0.631. The summed E-state index contributed by atoms with van der Waals surface area (Å²) in [6.07, 6.45) is 0. The molecule has 18 heavy (non-hydrogen) atoms. The molecule has 5 heteroatoms. The van der Waals surface area contributed by atoms with Crippen LogP contribution in [0.2, 0.25) is 0 Å². The van der Waals surface area contributed by atoms with Crippen LogP contribution in [0.5, 0.6) is 0 Å². The second kappa shape index (κ2) is 5.35. The number of aryl methyl sites for hydroxylation is 1. The van der Waals surface area contributed by atoms with Gasteiger partial charge in [-0.1, -0.05) is 23.9 Å². The van der Waals surface area contributed by atoms with Gasteiger partial charge in [0.25, 0.3) is 5.56 Å². The van der Waals surface area contributed by atoms with Crippen molar-refractivity contribution in [1.29, 1.82) is 0 Å².